The number of thiocarbonyl (C=S) groups is 1. The first-order valence-corrected chi connectivity index (χ1v) is 10.2. The summed E-state index contributed by atoms with van der Waals surface area (Å²) in [5, 5.41) is 15.8. The molecule has 0 saturated heterocycles. The predicted molar refractivity (Wildman–Crippen MR) is 123 cm³/mol. The van der Waals surface area contributed by atoms with Crippen molar-refractivity contribution in [2.45, 2.75) is 6.04 Å². The lowest BCUT2D eigenvalue weighted by molar-refractivity contribution is 0.102. The zero-order valence-corrected chi connectivity index (χ0v) is 17.4. The van der Waals surface area contributed by atoms with Gasteiger partial charge in [-0.1, -0.05) is 78.9 Å². The number of ether oxygens (including phenoxy) is 1. The Morgan fingerprint density at radius 2 is 1.61 bits per heavy atom. The summed E-state index contributed by atoms with van der Waals surface area (Å²) < 4.78 is 5.65. The van der Waals surface area contributed by atoms with Gasteiger partial charge in [-0.3, -0.25) is 4.79 Å². The molecular formula is C25H19N3O2S. The molecule has 0 amide bonds. The number of hydrogen-bond donors (Lipinski definition) is 2. The molecule has 2 N–H and O–H groups in total. The molecule has 0 spiro atoms. The molecule has 0 bridgehead atoms. The molecule has 152 valence electrons. The minimum Gasteiger partial charge on any atom is -0.478 e. The lowest BCUT2D eigenvalue weighted by Crippen LogP contribution is -2.45. The van der Waals surface area contributed by atoms with Crippen molar-refractivity contribution in [1.82, 2.24) is 10.6 Å². The zero-order chi connectivity index (χ0) is 21.6. The number of rotatable bonds is 6. The van der Waals surface area contributed by atoms with Gasteiger partial charge in [-0.2, -0.15) is 5.26 Å². The third-order valence-electron chi connectivity index (χ3n) is 4.94. The highest BCUT2D eigenvalue weighted by Gasteiger charge is 2.34. The van der Waals surface area contributed by atoms with Crippen LogP contribution in [0.1, 0.15) is 27.5 Å². The van der Waals surface area contributed by atoms with Gasteiger partial charge in [-0.05, 0) is 23.8 Å². The zero-order valence-electron chi connectivity index (χ0n) is 16.5. The van der Waals surface area contributed by atoms with Gasteiger partial charge in [0.25, 0.3) is 0 Å². The normalized spacial score (nSPS) is 15.5. The van der Waals surface area contributed by atoms with E-state index in [4.69, 9.17) is 22.2 Å². The van der Waals surface area contributed by atoms with Gasteiger partial charge >= 0.3 is 0 Å². The van der Waals surface area contributed by atoms with Crippen molar-refractivity contribution >= 4 is 28.8 Å². The molecule has 6 heteroatoms. The summed E-state index contributed by atoms with van der Waals surface area (Å²) in [7, 11) is 0. The molecule has 1 atom stereocenters. The highest BCUT2D eigenvalue weighted by atomic mass is 32.1. The lowest BCUT2D eigenvalue weighted by atomic mass is 9.87. The molecule has 1 aliphatic rings. The van der Waals surface area contributed by atoms with Crippen LogP contribution in [0.2, 0.25) is 0 Å². The number of carbonyl (C=O) groups is 1. The van der Waals surface area contributed by atoms with E-state index in [-0.39, 0.29) is 12.4 Å². The number of para-hydroxylation sites is 1. The summed E-state index contributed by atoms with van der Waals surface area (Å²) in [4.78, 5) is 13.7. The fraction of sp³-hybridized carbons (Fsp3) is 0.0800. The minimum atomic E-state index is -0.549. The molecular weight excluding hydrogens is 406 g/mol. The van der Waals surface area contributed by atoms with Crippen LogP contribution in [0, 0.1) is 11.3 Å². The van der Waals surface area contributed by atoms with Crippen molar-refractivity contribution in [3.8, 4) is 11.8 Å². The third kappa shape index (κ3) is 4.32. The van der Waals surface area contributed by atoms with Crippen LogP contribution in [-0.4, -0.2) is 17.5 Å². The van der Waals surface area contributed by atoms with Crippen LogP contribution in [0.5, 0.6) is 5.75 Å². The summed E-state index contributed by atoms with van der Waals surface area (Å²) in [6, 6.07) is 27.5. The highest BCUT2D eigenvalue weighted by molar-refractivity contribution is 7.80. The van der Waals surface area contributed by atoms with Gasteiger partial charge in [0.1, 0.15) is 11.8 Å². The third-order valence-corrected chi connectivity index (χ3v) is 5.16. The average molecular weight is 426 g/mol. The van der Waals surface area contributed by atoms with E-state index in [0.29, 0.717) is 27.7 Å². The van der Waals surface area contributed by atoms with Gasteiger partial charge in [0.05, 0.1) is 17.3 Å². The van der Waals surface area contributed by atoms with E-state index in [1.54, 1.807) is 18.2 Å². The number of nitrogens with one attached hydrogen (secondary N) is 2. The van der Waals surface area contributed by atoms with Crippen molar-refractivity contribution in [3.05, 3.63) is 107 Å². The Morgan fingerprint density at radius 1 is 0.968 bits per heavy atom. The van der Waals surface area contributed by atoms with Gasteiger partial charge in [-0.25, -0.2) is 0 Å². The van der Waals surface area contributed by atoms with Gasteiger partial charge in [0.15, 0.2) is 17.5 Å². The number of Topliss-reactive ketones (excluding diaryl/α,β-unsaturated/α-hetero) is 1. The molecule has 0 aliphatic carbocycles. The molecule has 1 aliphatic heterocycles. The average Bonchev–Trinajstić information content (AvgIpc) is 2.83. The molecule has 3 aromatic carbocycles. The second kappa shape index (κ2) is 9.24. The molecule has 31 heavy (non-hydrogen) atoms. The summed E-state index contributed by atoms with van der Waals surface area (Å²) >= 11 is 5.49. The van der Waals surface area contributed by atoms with Crippen LogP contribution in [0.15, 0.2) is 90.5 Å². The molecule has 0 unspecified atom stereocenters. The highest BCUT2D eigenvalue weighted by Crippen LogP contribution is 2.37. The SMILES string of the molecule is N#CCOc1ccccc1[C@H]1NC(=S)NC(c2ccccc2)=C1C(=O)c1ccccc1. The molecule has 0 aromatic heterocycles. The maximum absolute atomic E-state index is 13.7. The fourth-order valence-corrected chi connectivity index (χ4v) is 3.80. The minimum absolute atomic E-state index is 0.0936. The number of nitriles is 1. The Labute approximate surface area is 186 Å². The first-order chi connectivity index (χ1) is 15.2. The molecule has 0 radical (unpaired) electrons. The number of benzene rings is 3. The topological polar surface area (TPSA) is 74.2 Å². The quantitative estimate of drug-likeness (QED) is 0.450. The van der Waals surface area contributed by atoms with E-state index in [0.717, 1.165) is 11.1 Å². The Kier molecular flexibility index (Phi) is 6.06. The first-order valence-electron chi connectivity index (χ1n) is 9.74. The predicted octanol–water partition coefficient (Wildman–Crippen LogP) is 4.40. The van der Waals surface area contributed by atoms with Crippen LogP contribution in [0.3, 0.4) is 0 Å². The molecule has 0 saturated carbocycles. The van der Waals surface area contributed by atoms with E-state index in [2.05, 4.69) is 10.6 Å². The molecule has 4 rings (SSSR count). The van der Waals surface area contributed by atoms with E-state index < -0.39 is 6.04 Å². The summed E-state index contributed by atoms with van der Waals surface area (Å²) in [6.07, 6.45) is 0. The smallest absolute Gasteiger partial charge is 0.193 e. The summed E-state index contributed by atoms with van der Waals surface area (Å²) in [5.41, 5.74) is 3.33. The Balaban J connectivity index is 1.92. The molecule has 3 aromatic rings. The Morgan fingerprint density at radius 3 is 2.32 bits per heavy atom. The van der Waals surface area contributed by atoms with Crippen molar-refractivity contribution in [1.29, 1.82) is 5.26 Å². The number of ketones is 1. The monoisotopic (exact) mass is 425 g/mol. The fourth-order valence-electron chi connectivity index (χ4n) is 3.58. The molecule has 1 heterocycles. The number of hydrogen-bond acceptors (Lipinski definition) is 4. The number of carbonyl (C=O) groups excluding carboxylic acids is 1. The standard InChI is InChI=1S/C25H19N3O2S/c26-15-16-30-20-14-8-7-13-19(20)23-21(24(29)18-11-5-2-6-12-18)22(27-25(31)28-23)17-9-3-1-4-10-17/h1-14,23H,16H2,(H2,27,28,31)/t23-/m1/s1. The van der Waals surface area contributed by atoms with Crippen LogP contribution in [0.4, 0.5) is 0 Å². The van der Waals surface area contributed by atoms with Crippen LogP contribution in [0.25, 0.3) is 5.70 Å². The second-order valence-electron chi connectivity index (χ2n) is 6.87. The van der Waals surface area contributed by atoms with Crippen molar-refractivity contribution in [2.24, 2.45) is 0 Å². The Hall–Kier alpha value is -3.95. The lowest BCUT2D eigenvalue weighted by Gasteiger charge is -2.32. The number of nitrogens with zero attached hydrogens (tertiary/aromatic N) is 1. The largest absolute Gasteiger partial charge is 0.478 e. The van der Waals surface area contributed by atoms with Crippen molar-refractivity contribution < 1.29 is 9.53 Å². The molecule has 0 fully saturated rings. The Bertz CT molecular complexity index is 1180. The van der Waals surface area contributed by atoms with E-state index in [1.165, 1.54) is 0 Å². The van der Waals surface area contributed by atoms with E-state index in [1.807, 2.05) is 72.8 Å². The maximum Gasteiger partial charge on any atom is 0.193 e. The second-order valence-corrected chi connectivity index (χ2v) is 7.27. The van der Waals surface area contributed by atoms with Gasteiger partial charge in [0, 0.05) is 11.1 Å². The van der Waals surface area contributed by atoms with Crippen LogP contribution in [-0.2, 0) is 0 Å². The maximum atomic E-state index is 13.7. The van der Waals surface area contributed by atoms with Gasteiger partial charge in [0.2, 0.25) is 0 Å². The van der Waals surface area contributed by atoms with Crippen LogP contribution < -0.4 is 15.4 Å². The van der Waals surface area contributed by atoms with Gasteiger partial charge < -0.3 is 15.4 Å². The first kappa shape index (κ1) is 20.3. The summed E-state index contributed by atoms with van der Waals surface area (Å²) in [5.74, 6) is 0.402. The van der Waals surface area contributed by atoms with Crippen molar-refractivity contribution in [3.63, 3.8) is 0 Å². The van der Waals surface area contributed by atoms with Crippen molar-refractivity contribution in [2.75, 3.05) is 6.61 Å². The molecule has 5 nitrogen and oxygen atoms in total. The van der Waals surface area contributed by atoms with Gasteiger partial charge in [-0.15, -0.1) is 0 Å². The van der Waals surface area contributed by atoms with E-state index in [9.17, 15) is 4.79 Å². The van der Waals surface area contributed by atoms with E-state index >= 15 is 0 Å². The summed E-state index contributed by atoms with van der Waals surface area (Å²) in [6.45, 7) is -0.0936. The van der Waals surface area contributed by atoms with Crippen LogP contribution >= 0.6 is 12.2 Å².